The van der Waals surface area contributed by atoms with Gasteiger partial charge in [-0.15, -0.1) is 0 Å². The summed E-state index contributed by atoms with van der Waals surface area (Å²) in [6, 6.07) is 0.591. The third-order valence-corrected chi connectivity index (χ3v) is 2.96. The lowest BCUT2D eigenvalue weighted by molar-refractivity contribution is 0.314. The standard InChI is InChI=1S/C8H21NOSi/c1-4-5-6-7-10-11-9-8(2)3/h8-9H,4-7,11H2,1-3H3. The second-order valence-electron chi connectivity index (χ2n) is 3.12. The van der Waals surface area contributed by atoms with Gasteiger partial charge in [0.15, 0.2) is 0 Å². The molecule has 0 aliphatic carbocycles. The molecule has 0 saturated heterocycles. The molecule has 0 spiro atoms. The van der Waals surface area contributed by atoms with Gasteiger partial charge < -0.3 is 9.41 Å². The SMILES string of the molecule is CCCCCO[SiH2]NC(C)C. The van der Waals surface area contributed by atoms with Gasteiger partial charge in [0.1, 0.15) is 0 Å². The summed E-state index contributed by atoms with van der Waals surface area (Å²) in [5, 5.41) is 0. The summed E-state index contributed by atoms with van der Waals surface area (Å²) >= 11 is 0. The van der Waals surface area contributed by atoms with Crippen molar-refractivity contribution in [2.45, 2.75) is 46.1 Å². The number of rotatable bonds is 7. The van der Waals surface area contributed by atoms with Crippen molar-refractivity contribution in [2.75, 3.05) is 6.61 Å². The molecule has 0 bridgehead atoms. The highest BCUT2D eigenvalue weighted by Crippen LogP contribution is 1.92. The molecule has 0 aromatic carbocycles. The van der Waals surface area contributed by atoms with Crippen LogP contribution in [0.3, 0.4) is 0 Å². The van der Waals surface area contributed by atoms with Gasteiger partial charge in [0, 0.05) is 6.61 Å². The number of hydrogen-bond acceptors (Lipinski definition) is 2. The first-order valence-corrected chi connectivity index (χ1v) is 5.87. The van der Waals surface area contributed by atoms with Crippen LogP contribution in [-0.2, 0) is 4.43 Å². The largest absolute Gasteiger partial charge is 0.409 e. The first-order chi connectivity index (χ1) is 5.27. The molecule has 0 saturated carbocycles. The Morgan fingerprint density at radius 1 is 1.36 bits per heavy atom. The van der Waals surface area contributed by atoms with Gasteiger partial charge in [0.05, 0.1) is 0 Å². The average molecular weight is 175 g/mol. The molecular weight excluding hydrogens is 154 g/mol. The zero-order chi connectivity index (χ0) is 8.53. The van der Waals surface area contributed by atoms with Crippen molar-refractivity contribution in [3.63, 3.8) is 0 Å². The first-order valence-electron chi connectivity index (χ1n) is 4.58. The zero-order valence-electron chi connectivity index (χ0n) is 8.02. The van der Waals surface area contributed by atoms with E-state index in [1.54, 1.807) is 0 Å². The van der Waals surface area contributed by atoms with Crippen LogP contribution in [0.25, 0.3) is 0 Å². The van der Waals surface area contributed by atoms with E-state index in [1.165, 1.54) is 19.3 Å². The van der Waals surface area contributed by atoms with Gasteiger partial charge >= 0.3 is 0 Å². The maximum absolute atomic E-state index is 5.47. The summed E-state index contributed by atoms with van der Waals surface area (Å²) in [6.45, 7) is 7.48. The second kappa shape index (κ2) is 8.24. The van der Waals surface area contributed by atoms with Crippen molar-refractivity contribution in [3.05, 3.63) is 0 Å². The quantitative estimate of drug-likeness (QED) is 0.463. The van der Waals surface area contributed by atoms with E-state index in [9.17, 15) is 0 Å². The Morgan fingerprint density at radius 3 is 2.64 bits per heavy atom. The predicted molar refractivity (Wildman–Crippen MR) is 52.3 cm³/mol. The molecule has 0 aliphatic heterocycles. The van der Waals surface area contributed by atoms with E-state index in [-0.39, 0.29) is 0 Å². The minimum Gasteiger partial charge on any atom is -0.409 e. The lowest BCUT2D eigenvalue weighted by atomic mass is 10.3. The molecular formula is C8H21NOSi. The Morgan fingerprint density at radius 2 is 2.09 bits per heavy atom. The summed E-state index contributed by atoms with van der Waals surface area (Å²) in [7, 11) is -0.414. The van der Waals surface area contributed by atoms with E-state index in [0.29, 0.717) is 6.04 Å². The molecule has 0 atom stereocenters. The fraction of sp³-hybridized carbons (Fsp3) is 1.00. The van der Waals surface area contributed by atoms with Gasteiger partial charge in [-0.25, -0.2) is 0 Å². The predicted octanol–water partition coefficient (Wildman–Crippen LogP) is 1.19. The minimum atomic E-state index is -0.414. The van der Waals surface area contributed by atoms with E-state index < -0.39 is 9.92 Å². The smallest absolute Gasteiger partial charge is 0.236 e. The molecule has 0 rings (SSSR count). The molecule has 0 aromatic rings. The molecule has 0 fully saturated rings. The number of hydrogen-bond donors (Lipinski definition) is 1. The summed E-state index contributed by atoms with van der Waals surface area (Å²) in [4.78, 5) is 3.34. The Balaban J connectivity index is 2.80. The first kappa shape index (κ1) is 11.1. The van der Waals surface area contributed by atoms with E-state index >= 15 is 0 Å². The molecule has 2 nitrogen and oxygen atoms in total. The van der Waals surface area contributed by atoms with Gasteiger partial charge in [-0.1, -0.05) is 33.6 Å². The lowest BCUT2D eigenvalue weighted by Crippen LogP contribution is -2.29. The van der Waals surface area contributed by atoms with Gasteiger partial charge in [0.25, 0.3) is 0 Å². The summed E-state index contributed by atoms with van der Waals surface area (Å²) in [5.74, 6) is 0. The van der Waals surface area contributed by atoms with Crippen LogP contribution in [0.1, 0.15) is 40.0 Å². The van der Waals surface area contributed by atoms with Crippen LogP contribution >= 0.6 is 0 Å². The topological polar surface area (TPSA) is 21.3 Å². The van der Waals surface area contributed by atoms with E-state index in [2.05, 4.69) is 25.8 Å². The van der Waals surface area contributed by atoms with Crippen LogP contribution in [0.2, 0.25) is 0 Å². The second-order valence-corrected chi connectivity index (χ2v) is 4.22. The third-order valence-electron chi connectivity index (χ3n) is 1.49. The maximum Gasteiger partial charge on any atom is 0.236 e. The van der Waals surface area contributed by atoms with Gasteiger partial charge in [-0.2, -0.15) is 0 Å². The summed E-state index contributed by atoms with van der Waals surface area (Å²) in [6.07, 6.45) is 3.81. The van der Waals surface area contributed by atoms with E-state index in [4.69, 9.17) is 4.43 Å². The molecule has 0 amide bonds. The molecule has 0 aliphatic rings. The molecule has 0 radical (unpaired) electrons. The number of unbranched alkanes of at least 4 members (excludes halogenated alkanes) is 2. The van der Waals surface area contributed by atoms with E-state index in [0.717, 1.165) is 6.61 Å². The lowest BCUT2D eigenvalue weighted by Gasteiger charge is -2.07. The van der Waals surface area contributed by atoms with Crippen LogP contribution in [-0.4, -0.2) is 22.6 Å². The Labute approximate surface area is 72.7 Å². The highest BCUT2D eigenvalue weighted by atomic mass is 28.2. The molecule has 0 aromatic heterocycles. The molecule has 1 N–H and O–H groups in total. The summed E-state index contributed by atoms with van der Waals surface area (Å²) < 4.78 is 5.47. The molecule has 11 heavy (non-hydrogen) atoms. The van der Waals surface area contributed by atoms with Crippen LogP contribution in [0.5, 0.6) is 0 Å². The molecule has 0 unspecified atom stereocenters. The number of nitrogens with one attached hydrogen (secondary N) is 1. The molecule has 3 heteroatoms. The van der Waals surface area contributed by atoms with Crippen molar-refractivity contribution in [1.29, 1.82) is 0 Å². The van der Waals surface area contributed by atoms with Gasteiger partial charge in [-0.3, -0.25) is 0 Å². The maximum atomic E-state index is 5.47. The average Bonchev–Trinajstić information content (AvgIpc) is 1.96. The van der Waals surface area contributed by atoms with Crippen molar-refractivity contribution in [3.8, 4) is 0 Å². The van der Waals surface area contributed by atoms with E-state index in [1.807, 2.05) is 0 Å². The third kappa shape index (κ3) is 10.1. The minimum absolute atomic E-state index is 0.414. The molecule has 68 valence electrons. The fourth-order valence-electron chi connectivity index (χ4n) is 0.752. The zero-order valence-corrected chi connectivity index (χ0v) is 9.44. The monoisotopic (exact) mass is 175 g/mol. The molecule has 0 heterocycles. The fourth-order valence-corrected chi connectivity index (χ4v) is 1.55. The van der Waals surface area contributed by atoms with Crippen molar-refractivity contribution < 1.29 is 4.43 Å². The summed E-state index contributed by atoms with van der Waals surface area (Å²) in [5.41, 5.74) is 0. The van der Waals surface area contributed by atoms with Crippen molar-refractivity contribution >= 4 is 9.92 Å². The highest BCUT2D eigenvalue weighted by molar-refractivity contribution is 6.23. The van der Waals surface area contributed by atoms with Crippen LogP contribution in [0.15, 0.2) is 0 Å². The van der Waals surface area contributed by atoms with Crippen LogP contribution in [0, 0.1) is 0 Å². The van der Waals surface area contributed by atoms with Crippen LogP contribution < -0.4 is 4.98 Å². The van der Waals surface area contributed by atoms with Crippen molar-refractivity contribution in [1.82, 2.24) is 4.98 Å². The Kier molecular flexibility index (Phi) is 8.34. The van der Waals surface area contributed by atoms with Crippen molar-refractivity contribution in [2.24, 2.45) is 0 Å². The normalized spacial score (nSPS) is 12.0. The van der Waals surface area contributed by atoms with Gasteiger partial charge in [-0.05, 0) is 12.5 Å². The van der Waals surface area contributed by atoms with Crippen LogP contribution in [0.4, 0.5) is 0 Å². The highest BCUT2D eigenvalue weighted by Gasteiger charge is 1.91. The Bertz CT molecular complexity index is 78.5. The Hall–Kier alpha value is 0.137. The van der Waals surface area contributed by atoms with Gasteiger partial charge in [0.2, 0.25) is 9.92 Å².